The third-order valence-corrected chi connectivity index (χ3v) is 3.97. The molecule has 0 amide bonds. The number of hydrogen-bond donors (Lipinski definition) is 0. The Hall–Kier alpha value is -1.53. The summed E-state index contributed by atoms with van der Waals surface area (Å²) in [4.78, 5) is 11.1. The summed E-state index contributed by atoms with van der Waals surface area (Å²) < 4.78 is 22.5. The fourth-order valence-electron chi connectivity index (χ4n) is 2.10. The van der Waals surface area contributed by atoms with Gasteiger partial charge >= 0.3 is 13.1 Å². The Balaban J connectivity index is 2.36. The summed E-state index contributed by atoms with van der Waals surface area (Å²) in [5.74, 6) is 0.692. The third-order valence-electron chi connectivity index (χ3n) is 3.97. The molecular weight excluding hydrogens is 271 g/mol. The average Bonchev–Trinajstić information content (AvgIpc) is 2.57. The number of rotatable bonds is 3. The maximum absolute atomic E-state index is 11.1. The second kappa shape index (κ2) is 5.35. The van der Waals surface area contributed by atoms with Crippen LogP contribution in [0.4, 0.5) is 0 Å². The van der Waals surface area contributed by atoms with Gasteiger partial charge in [0.15, 0.2) is 0 Å². The number of carbonyl (C=O) groups is 1. The number of benzene rings is 1. The molecule has 0 radical (unpaired) electrons. The van der Waals surface area contributed by atoms with E-state index in [-0.39, 0.29) is 5.97 Å². The highest BCUT2D eigenvalue weighted by Gasteiger charge is 2.52. The lowest BCUT2D eigenvalue weighted by atomic mass is 9.78. The first-order valence-corrected chi connectivity index (χ1v) is 6.88. The van der Waals surface area contributed by atoms with Gasteiger partial charge in [0.1, 0.15) is 11.5 Å². The van der Waals surface area contributed by atoms with Gasteiger partial charge in [-0.25, -0.2) is 0 Å². The first-order valence-electron chi connectivity index (χ1n) is 6.88. The van der Waals surface area contributed by atoms with Gasteiger partial charge < -0.3 is 18.8 Å². The van der Waals surface area contributed by atoms with Gasteiger partial charge in [0.05, 0.1) is 18.3 Å². The van der Waals surface area contributed by atoms with E-state index in [0.29, 0.717) is 17.0 Å². The number of carbonyl (C=O) groups excluding carboxylic acids is 1. The fourth-order valence-corrected chi connectivity index (χ4v) is 2.10. The van der Waals surface area contributed by atoms with E-state index in [1.54, 1.807) is 25.3 Å². The van der Waals surface area contributed by atoms with Gasteiger partial charge in [-0.2, -0.15) is 0 Å². The summed E-state index contributed by atoms with van der Waals surface area (Å²) in [5, 5.41) is 0. The van der Waals surface area contributed by atoms with E-state index in [1.165, 1.54) is 6.92 Å². The molecule has 0 aliphatic carbocycles. The van der Waals surface area contributed by atoms with Crippen molar-refractivity contribution in [3.8, 4) is 11.5 Å². The minimum absolute atomic E-state index is 0.375. The van der Waals surface area contributed by atoms with Crippen LogP contribution in [0.3, 0.4) is 0 Å². The predicted molar refractivity (Wildman–Crippen MR) is 80.0 cm³/mol. The lowest BCUT2D eigenvalue weighted by Gasteiger charge is -2.32. The van der Waals surface area contributed by atoms with Crippen molar-refractivity contribution in [1.29, 1.82) is 0 Å². The van der Waals surface area contributed by atoms with Crippen LogP contribution in [0.1, 0.15) is 34.6 Å². The SMILES string of the molecule is COc1ccc(OC(C)=O)cc1B1OC(C)(C)C(C)(C)O1. The van der Waals surface area contributed by atoms with E-state index >= 15 is 0 Å². The van der Waals surface area contributed by atoms with Crippen LogP contribution in [0.25, 0.3) is 0 Å². The lowest BCUT2D eigenvalue weighted by Crippen LogP contribution is -2.41. The van der Waals surface area contributed by atoms with Gasteiger partial charge in [0, 0.05) is 12.4 Å². The fraction of sp³-hybridized carbons (Fsp3) is 0.533. The Morgan fingerprint density at radius 1 is 1.14 bits per heavy atom. The van der Waals surface area contributed by atoms with Crippen LogP contribution in [-0.4, -0.2) is 31.4 Å². The van der Waals surface area contributed by atoms with E-state index in [9.17, 15) is 4.79 Å². The Bertz CT molecular complexity index is 537. The molecule has 1 aliphatic rings. The molecule has 114 valence electrons. The smallest absolute Gasteiger partial charge is 0.497 e. The Morgan fingerprint density at radius 3 is 2.19 bits per heavy atom. The summed E-state index contributed by atoms with van der Waals surface area (Å²) in [6.45, 7) is 9.29. The summed E-state index contributed by atoms with van der Waals surface area (Å²) in [5.41, 5.74) is -0.185. The summed E-state index contributed by atoms with van der Waals surface area (Å²) >= 11 is 0. The Labute approximate surface area is 125 Å². The van der Waals surface area contributed by atoms with Crippen LogP contribution in [0.5, 0.6) is 11.5 Å². The predicted octanol–water partition coefficient (Wildman–Crippen LogP) is 1.92. The molecule has 1 heterocycles. The van der Waals surface area contributed by atoms with E-state index in [0.717, 1.165) is 0 Å². The second-order valence-corrected chi connectivity index (χ2v) is 6.09. The molecule has 0 aromatic heterocycles. The first-order chi connectivity index (χ1) is 9.66. The largest absolute Gasteiger partial charge is 0.498 e. The normalized spacial score (nSPS) is 19.4. The maximum atomic E-state index is 11.1. The number of ether oxygens (including phenoxy) is 2. The standard InChI is InChI=1S/C15H21BO5/c1-10(17)19-11-7-8-13(18-6)12(9-11)16-20-14(2,3)15(4,5)21-16/h7-9H,1-6H3. The summed E-state index contributed by atoms with van der Waals surface area (Å²) in [7, 11) is 1.01. The van der Waals surface area contributed by atoms with E-state index in [2.05, 4.69) is 0 Å². The van der Waals surface area contributed by atoms with E-state index < -0.39 is 18.3 Å². The molecule has 1 fully saturated rings. The quantitative estimate of drug-likeness (QED) is 0.484. The number of esters is 1. The van der Waals surface area contributed by atoms with Crippen molar-refractivity contribution in [2.24, 2.45) is 0 Å². The minimum Gasteiger partial charge on any atom is -0.497 e. The van der Waals surface area contributed by atoms with Crippen LogP contribution in [0.15, 0.2) is 18.2 Å². The molecule has 0 atom stereocenters. The molecule has 0 saturated carbocycles. The van der Waals surface area contributed by atoms with E-state index in [4.69, 9.17) is 18.8 Å². The molecule has 21 heavy (non-hydrogen) atoms. The topological polar surface area (TPSA) is 54.0 Å². The molecule has 5 nitrogen and oxygen atoms in total. The number of methoxy groups -OCH3 is 1. The molecule has 1 aromatic carbocycles. The van der Waals surface area contributed by atoms with E-state index in [1.807, 2.05) is 27.7 Å². The highest BCUT2D eigenvalue weighted by molar-refractivity contribution is 6.63. The highest BCUT2D eigenvalue weighted by atomic mass is 16.7. The van der Waals surface area contributed by atoms with Gasteiger partial charge in [-0.05, 0) is 45.9 Å². The van der Waals surface area contributed by atoms with Crippen molar-refractivity contribution in [3.63, 3.8) is 0 Å². The zero-order chi connectivity index (χ0) is 15.8. The van der Waals surface area contributed by atoms with Crippen LogP contribution < -0.4 is 14.9 Å². The van der Waals surface area contributed by atoms with Gasteiger partial charge in [0.25, 0.3) is 0 Å². The molecule has 0 spiro atoms. The Morgan fingerprint density at radius 2 is 1.71 bits per heavy atom. The van der Waals surface area contributed by atoms with Crippen molar-refractivity contribution in [1.82, 2.24) is 0 Å². The maximum Gasteiger partial charge on any atom is 0.498 e. The molecule has 0 unspecified atom stereocenters. The second-order valence-electron chi connectivity index (χ2n) is 6.09. The zero-order valence-corrected chi connectivity index (χ0v) is 13.4. The van der Waals surface area contributed by atoms with Crippen molar-refractivity contribution in [2.45, 2.75) is 45.8 Å². The lowest BCUT2D eigenvalue weighted by molar-refractivity contribution is -0.131. The molecular formula is C15H21BO5. The molecule has 1 saturated heterocycles. The van der Waals surface area contributed by atoms with Crippen LogP contribution in [-0.2, 0) is 14.1 Å². The Kier molecular flexibility index (Phi) is 4.04. The van der Waals surface area contributed by atoms with Gasteiger partial charge in [-0.1, -0.05) is 0 Å². The zero-order valence-electron chi connectivity index (χ0n) is 13.4. The van der Waals surface area contributed by atoms with Crippen molar-refractivity contribution >= 4 is 18.6 Å². The van der Waals surface area contributed by atoms with Gasteiger partial charge in [0.2, 0.25) is 0 Å². The van der Waals surface area contributed by atoms with Crippen LogP contribution >= 0.6 is 0 Å². The summed E-state index contributed by atoms with van der Waals surface area (Å²) in [6, 6.07) is 5.12. The minimum atomic E-state index is -0.569. The van der Waals surface area contributed by atoms with Gasteiger partial charge in [-0.3, -0.25) is 4.79 Å². The van der Waals surface area contributed by atoms with Crippen LogP contribution in [0, 0.1) is 0 Å². The van der Waals surface area contributed by atoms with Crippen molar-refractivity contribution in [3.05, 3.63) is 18.2 Å². The third kappa shape index (κ3) is 3.06. The molecule has 6 heteroatoms. The summed E-state index contributed by atoms with van der Waals surface area (Å²) in [6.07, 6.45) is 0. The van der Waals surface area contributed by atoms with Gasteiger partial charge in [-0.15, -0.1) is 0 Å². The van der Waals surface area contributed by atoms with Crippen LogP contribution in [0.2, 0.25) is 0 Å². The van der Waals surface area contributed by atoms with Crippen molar-refractivity contribution in [2.75, 3.05) is 7.11 Å². The molecule has 1 aromatic rings. The average molecular weight is 292 g/mol. The van der Waals surface area contributed by atoms with Crippen molar-refractivity contribution < 1.29 is 23.6 Å². The molecule has 0 N–H and O–H groups in total. The monoisotopic (exact) mass is 292 g/mol. The molecule has 1 aliphatic heterocycles. The highest BCUT2D eigenvalue weighted by Crippen LogP contribution is 2.37. The number of hydrogen-bond acceptors (Lipinski definition) is 5. The first kappa shape index (κ1) is 15.9. The molecule has 2 rings (SSSR count). The molecule has 0 bridgehead atoms.